The fourth-order valence-electron chi connectivity index (χ4n) is 10.7. The van der Waals surface area contributed by atoms with Crippen LogP contribution in [0.2, 0.25) is 0 Å². The van der Waals surface area contributed by atoms with Gasteiger partial charge in [0.1, 0.15) is 5.69 Å². The van der Waals surface area contributed by atoms with Crippen molar-refractivity contribution in [3.05, 3.63) is 265 Å². The van der Waals surface area contributed by atoms with Gasteiger partial charge < -0.3 is 19.7 Å². The summed E-state index contributed by atoms with van der Waals surface area (Å²) in [4.78, 5) is 64.9. The summed E-state index contributed by atoms with van der Waals surface area (Å²) >= 11 is 1.57. The van der Waals surface area contributed by atoms with Gasteiger partial charge >= 0.3 is 0 Å². The van der Waals surface area contributed by atoms with Crippen molar-refractivity contribution in [2.75, 3.05) is 99.7 Å². The molecule has 2 N–H and O–H groups in total. The number of thiazole rings is 1. The first-order valence-electron chi connectivity index (χ1n) is 39.2. The summed E-state index contributed by atoms with van der Waals surface area (Å²) in [6.45, 7) is 50.3. The molecule has 0 atom stereocenters. The number of nitrogens with one attached hydrogen (secondary N) is 2. The van der Waals surface area contributed by atoms with Gasteiger partial charge in [-0.15, -0.1) is 11.3 Å². The lowest BCUT2D eigenvalue weighted by atomic mass is 10.0. The first kappa shape index (κ1) is 93.9. The van der Waals surface area contributed by atoms with Crippen LogP contribution in [0.25, 0.3) is 0 Å². The van der Waals surface area contributed by atoms with E-state index < -0.39 is 0 Å². The molecular formula is C92H127N11O3S. The highest BCUT2D eigenvalue weighted by Gasteiger charge is 2.18. The second-order valence-corrected chi connectivity index (χ2v) is 24.9. The Labute approximate surface area is 650 Å². The van der Waals surface area contributed by atoms with Crippen molar-refractivity contribution in [2.24, 2.45) is 0 Å². The standard InChI is InChI=1S/C26H27N3OS.2C25H26N4O.8C2H6/c1-20-27-18-25(31-20)11-10-21-4-3-5-24(16-21)26(30)17-22-6-8-23(9-7-22)19-29-14-12-28(2)13-15-29;1-28-11-13-29(14-12-28)19-22-8-5-21(6-9-22)16-25(30)24-4-2-3-20(15-24)7-10-23-17-26-27-18-23;1-28-11-13-29(14-12-28)18-22-7-5-21(6-8-22)16-25(30)23-4-2-3-20(15-23)9-10-24-17-26-19-27-24;8*1-2/h3-9,16,18H,12-15,17,19H2,1-2H3;2-6,8-9,15,17-18H,11-14,16,19H2,1H3,(H,26,27);2-8,15,17,19H,11-14,16,18H2,1H3,(H,26,27);8*1-2H3. The van der Waals surface area contributed by atoms with Crippen LogP contribution in [0, 0.1) is 42.4 Å². The Morgan fingerprint density at radius 1 is 0.383 bits per heavy atom. The zero-order chi connectivity index (χ0) is 79.2. The summed E-state index contributed by atoms with van der Waals surface area (Å²) in [7, 11) is 6.52. The molecule has 3 aromatic heterocycles. The number of piperazine rings is 3. The van der Waals surface area contributed by atoms with Crippen LogP contribution in [0.15, 0.2) is 177 Å². The molecule has 0 saturated carbocycles. The minimum atomic E-state index is 0.104. The number of benzene rings is 6. The lowest BCUT2D eigenvalue weighted by Gasteiger charge is -2.32. The van der Waals surface area contributed by atoms with E-state index in [1.807, 2.05) is 190 Å². The molecule has 0 bridgehead atoms. The third-order valence-electron chi connectivity index (χ3n) is 16.4. The predicted molar refractivity (Wildman–Crippen MR) is 454 cm³/mol. The molecule has 12 rings (SSSR count). The molecule has 6 aromatic carbocycles. The normalized spacial score (nSPS) is 13.0. The van der Waals surface area contributed by atoms with E-state index in [-0.39, 0.29) is 17.3 Å². The van der Waals surface area contributed by atoms with Gasteiger partial charge in [-0.25, -0.2) is 9.97 Å². The minimum Gasteiger partial charge on any atom is -0.338 e. The Morgan fingerprint density at radius 2 is 0.701 bits per heavy atom. The largest absolute Gasteiger partial charge is 0.338 e. The number of Topliss-reactive ketones (excluding diaryl/α,β-unsaturated/α-hetero) is 3. The summed E-state index contributed by atoms with van der Waals surface area (Å²) in [6, 6.07) is 47.9. The van der Waals surface area contributed by atoms with E-state index in [9.17, 15) is 14.4 Å². The average molecular weight is 1470 g/mol. The van der Waals surface area contributed by atoms with E-state index >= 15 is 0 Å². The van der Waals surface area contributed by atoms with E-state index in [0.717, 1.165) is 153 Å². The highest BCUT2D eigenvalue weighted by atomic mass is 32.1. The van der Waals surface area contributed by atoms with Crippen LogP contribution in [0.4, 0.5) is 0 Å². The first-order chi connectivity index (χ1) is 52.4. The fraction of sp³-hybridized carbons (Fsp3) is 0.413. The molecule has 574 valence electrons. The number of ketones is 3. The van der Waals surface area contributed by atoms with Crippen molar-refractivity contribution in [1.82, 2.24) is 54.5 Å². The molecule has 3 saturated heterocycles. The maximum atomic E-state index is 12.8. The van der Waals surface area contributed by atoms with Crippen LogP contribution in [-0.4, -0.2) is 172 Å². The topological polar surface area (TPSA) is 141 Å². The van der Waals surface area contributed by atoms with Crippen LogP contribution in [0.5, 0.6) is 0 Å². The van der Waals surface area contributed by atoms with Gasteiger partial charge in [0, 0.05) is 157 Å². The Balaban J connectivity index is 0.000000497. The second kappa shape index (κ2) is 57.1. The summed E-state index contributed by atoms with van der Waals surface area (Å²) < 4.78 is 0. The van der Waals surface area contributed by atoms with Crippen LogP contribution in [-0.2, 0) is 38.9 Å². The Hall–Kier alpha value is -9.18. The van der Waals surface area contributed by atoms with Crippen LogP contribution < -0.4 is 0 Å². The van der Waals surface area contributed by atoms with Gasteiger partial charge in [0.15, 0.2) is 17.3 Å². The van der Waals surface area contributed by atoms with Gasteiger partial charge in [0.2, 0.25) is 0 Å². The van der Waals surface area contributed by atoms with Crippen molar-refractivity contribution in [3.8, 4) is 35.5 Å². The molecule has 107 heavy (non-hydrogen) atoms. The van der Waals surface area contributed by atoms with Crippen LogP contribution in [0.3, 0.4) is 0 Å². The molecular weight excluding hydrogens is 1340 g/mol. The number of aromatic nitrogens is 5. The maximum Gasteiger partial charge on any atom is 0.167 e. The molecule has 15 heteroatoms. The van der Waals surface area contributed by atoms with Crippen molar-refractivity contribution in [1.29, 1.82) is 0 Å². The quantitative estimate of drug-likeness (QED) is 0.0746. The number of aryl methyl sites for hydroxylation is 1. The van der Waals surface area contributed by atoms with Crippen molar-refractivity contribution in [3.63, 3.8) is 0 Å². The molecule has 0 radical (unpaired) electrons. The van der Waals surface area contributed by atoms with Gasteiger partial charge in [-0.3, -0.25) is 34.2 Å². The van der Waals surface area contributed by atoms with Crippen molar-refractivity contribution < 1.29 is 14.4 Å². The summed E-state index contributed by atoms with van der Waals surface area (Å²) in [5.74, 6) is 18.8. The van der Waals surface area contributed by atoms with Crippen molar-refractivity contribution >= 4 is 28.7 Å². The maximum absolute atomic E-state index is 12.8. The van der Waals surface area contributed by atoms with Gasteiger partial charge in [-0.1, -0.05) is 244 Å². The number of rotatable bonds is 15. The lowest BCUT2D eigenvalue weighted by molar-refractivity contribution is 0.0984. The monoisotopic (exact) mass is 1470 g/mol. The lowest BCUT2D eigenvalue weighted by Crippen LogP contribution is -2.43. The number of hydrogen-bond donors (Lipinski definition) is 2. The van der Waals surface area contributed by atoms with Crippen LogP contribution >= 0.6 is 11.3 Å². The fourth-order valence-corrected chi connectivity index (χ4v) is 11.4. The number of likely N-dealkylation sites (N-methyl/N-ethyl adjacent to an activating group) is 3. The zero-order valence-electron chi connectivity index (χ0n) is 68.6. The smallest absolute Gasteiger partial charge is 0.167 e. The van der Waals surface area contributed by atoms with E-state index in [2.05, 4.69) is 184 Å². The van der Waals surface area contributed by atoms with Gasteiger partial charge in [0.25, 0.3) is 0 Å². The molecule has 3 aliphatic rings. The number of hydrogen-bond acceptors (Lipinski definition) is 13. The Kier molecular flexibility index (Phi) is 50.1. The first-order valence-corrected chi connectivity index (χ1v) is 40.0. The molecule has 3 fully saturated rings. The number of carbonyl (C=O) groups excluding carboxylic acids is 3. The molecule has 14 nitrogen and oxygen atoms in total. The molecule has 3 aliphatic heterocycles. The summed E-state index contributed by atoms with van der Waals surface area (Å²) in [5, 5.41) is 7.63. The summed E-state index contributed by atoms with van der Waals surface area (Å²) in [5.41, 5.74) is 13.2. The van der Waals surface area contributed by atoms with Gasteiger partial charge in [-0.05, 0) is 110 Å². The van der Waals surface area contributed by atoms with E-state index in [1.165, 1.54) is 16.7 Å². The molecule has 9 aromatic rings. The van der Waals surface area contributed by atoms with Gasteiger partial charge in [0.05, 0.1) is 40.4 Å². The molecule has 0 amide bonds. The van der Waals surface area contributed by atoms with E-state index in [1.54, 1.807) is 42.5 Å². The Morgan fingerprint density at radius 3 is 1.00 bits per heavy atom. The highest BCUT2D eigenvalue weighted by Crippen LogP contribution is 2.19. The molecule has 6 heterocycles. The second-order valence-electron chi connectivity index (χ2n) is 23.7. The summed E-state index contributed by atoms with van der Waals surface area (Å²) in [6.07, 6.45) is 9.68. The number of H-pyrrole nitrogens is 2. The molecule has 0 unspecified atom stereocenters. The number of imidazole rings is 1. The third-order valence-corrected chi connectivity index (χ3v) is 17.2. The zero-order valence-corrected chi connectivity index (χ0v) is 69.4. The molecule has 0 aliphatic carbocycles. The number of nitrogens with zero attached hydrogens (tertiary/aromatic N) is 9. The highest BCUT2D eigenvalue weighted by molar-refractivity contribution is 7.12. The van der Waals surface area contributed by atoms with Gasteiger partial charge in [-0.2, -0.15) is 5.10 Å². The number of carbonyl (C=O) groups is 3. The molecule has 0 spiro atoms. The third kappa shape index (κ3) is 36.3. The van der Waals surface area contributed by atoms with E-state index in [0.29, 0.717) is 36.0 Å². The van der Waals surface area contributed by atoms with Crippen molar-refractivity contribution in [2.45, 2.75) is 157 Å². The van der Waals surface area contributed by atoms with E-state index in [4.69, 9.17) is 0 Å². The minimum absolute atomic E-state index is 0.104. The average Bonchev–Trinajstić information content (AvgIpc) is 1.12. The SMILES string of the molecule is CC.CC.CC.CC.CC.CC.CC.CC.CN1CCN(Cc2ccc(CC(=O)c3cccc(C#Cc4cn[nH]c4)c3)cc2)CC1.CN1CCN(Cc2ccc(CC(=O)c3cccc(C#Cc4cnc[nH]4)c3)cc2)CC1.Cc1ncc(C#Cc2cccc(C(=O)Cc3ccc(CN4CCN(C)CC4)cc3)c2)s1. The predicted octanol–water partition coefficient (Wildman–Crippen LogP) is 18.2. The number of aromatic amines is 2. The Bertz CT molecular complexity index is 3840. The van der Waals surface area contributed by atoms with Crippen LogP contribution in [0.1, 0.15) is 213 Å².